The van der Waals surface area contributed by atoms with Crippen molar-refractivity contribution in [2.75, 3.05) is 4.90 Å². The van der Waals surface area contributed by atoms with E-state index in [0.717, 1.165) is 17.1 Å². The highest BCUT2D eigenvalue weighted by Gasteiger charge is 2.36. The third-order valence-electron chi connectivity index (χ3n) is 10.4. The maximum Gasteiger partial charge on any atom is 0.0596 e. The van der Waals surface area contributed by atoms with Gasteiger partial charge in [0.15, 0.2) is 0 Å². The van der Waals surface area contributed by atoms with E-state index in [1.54, 1.807) is 0 Å². The molecule has 0 N–H and O–H groups in total. The van der Waals surface area contributed by atoms with Crippen LogP contribution in [-0.4, -0.2) is 4.57 Å². The summed E-state index contributed by atoms with van der Waals surface area (Å²) < 4.78 is 5.27. The van der Waals surface area contributed by atoms with Gasteiger partial charge in [-0.05, 0) is 89.0 Å². The Morgan fingerprint density at radius 1 is 0.521 bits per heavy atom. The van der Waals surface area contributed by atoms with E-state index in [1.165, 1.54) is 69.9 Å². The molecular formula is C45H32N2S. The third-order valence-corrected chi connectivity index (χ3v) is 11.6. The molecule has 0 amide bonds. The lowest BCUT2D eigenvalue weighted by Gasteiger charge is -2.35. The van der Waals surface area contributed by atoms with E-state index in [2.05, 4.69) is 181 Å². The molecule has 2 nitrogen and oxygen atoms in total. The number of nitrogens with zero attached hydrogens (tertiary/aromatic N) is 2. The summed E-state index contributed by atoms with van der Waals surface area (Å²) in [5.74, 6) is 0. The van der Waals surface area contributed by atoms with Gasteiger partial charge in [0, 0.05) is 53.4 Å². The molecule has 10 rings (SSSR count). The van der Waals surface area contributed by atoms with Crippen LogP contribution in [0.3, 0.4) is 0 Å². The maximum atomic E-state index is 2.54. The summed E-state index contributed by atoms with van der Waals surface area (Å²) in [6.45, 7) is 4.82. The van der Waals surface area contributed by atoms with Gasteiger partial charge < -0.3 is 9.47 Å². The topological polar surface area (TPSA) is 8.17 Å². The summed E-state index contributed by atoms with van der Waals surface area (Å²) >= 11 is 1.93. The minimum atomic E-state index is -0.192. The average Bonchev–Trinajstić information content (AvgIpc) is 3.68. The molecule has 3 heteroatoms. The van der Waals surface area contributed by atoms with Crippen molar-refractivity contribution >= 4 is 70.4 Å². The number of aromatic nitrogens is 1. The molecule has 3 heterocycles. The predicted molar refractivity (Wildman–Crippen MR) is 206 cm³/mol. The Morgan fingerprint density at radius 3 is 1.85 bits per heavy atom. The van der Waals surface area contributed by atoms with Crippen molar-refractivity contribution < 1.29 is 0 Å². The Kier molecular flexibility index (Phi) is 5.82. The minimum Gasteiger partial charge on any atom is -0.311 e. The molecule has 228 valence electrons. The van der Waals surface area contributed by atoms with E-state index in [4.69, 9.17) is 0 Å². The van der Waals surface area contributed by atoms with Gasteiger partial charge in [-0.2, -0.15) is 0 Å². The predicted octanol–water partition coefficient (Wildman–Crippen LogP) is 12.9. The second-order valence-corrected chi connectivity index (χ2v) is 14.4. The van der Waals surface area contributed by atoms with Crippen LogP contribution >= 0.6 is 11.3 Å². The summed E-state index contributed by atoms with van der Waals surface area (Å²) in [4.78, 5) is 2.31. The molecule has 0 aliphatic carbocycles. The molecular weight excluding hydrogens is 601 g/mol. The largest absolute Gasteiger partial charge is 0.311 e. The van der Waals surface area contributed by atoms with Gasteiger partial charge in [0.25, 0.3) is 0 Å². The highest BCUT2D eigenvalue weighted by molar-refractivity contribution is 7.26. The molecule has 0 saturated carbocycles. The molecule has 9 aromatic rings. The smallest absolute Gasteiger partial charge is 0.0596 e. The summed E-state index contributed by atoms with van der Waals surface area (Å²) in [5, 5.41) is 5.43. The first-order valence-electron chi connectivity index (χ1n) is 16.6. The van der Waals surface area contributed by atoms with Gasteiger partial charge in [0.05, 0.1) is 16.7 Å². The minimum absolute atomic E-state index is 0.192. The second kappa shape index (κ2) is 10.2. The number of para-hydroxylation sites is 3. The molecule has 0 unspecified atom stereocenters. The Bertz CT molecular complexity index is 2640. The van der Waals surface area contributed by atoms with Crippen molar-refractivity contribution in [3.8, 4) is 16.8 Å². The van der Waals surface area contributed by atoms with Crippen LogP contribution in [0.1, 0.15) is 25.0 Å². The second-order valence-electron chi connectivity index (χ2n) is 13.4. The van der Waals surface area contributed by atoms with Crippen molar-refractivity contribution in [2.45, 2.75) is 19.3 Å². The van der Waals surface area contributed by atoms with Crippen LogP contribution in [0.4, 0.5) is 17.1 Å². The Labute approximate surface area is 283 Å². The van der Waals surface area contributed by atoms with Crippen molar-refractivity contribution in [1.29, 1.82) is 0 Å². The van der Waals surface area contributed by atoms with Gasteiger partial charge in [-0.25, -0.2) is 0 Å². The number of hydrogen-bond acceptors (Lipinski definition) is 2. The van der Waals surface area contributed by atoms with E-state index in [1.807, 2.05) is 11.3 Å². The molecule has 0 saturated heterocycles. The lowest BCUT2D eigenvalue weighted by Crippen LogP contribution is -2.26. The first-order chi connectivity index (χ1) is 23.6. The van der Waals surface area contributed by atoms with Crippen molar-refractivity contribution in [3.63, 3.8) is 0 Å². The number of thiophene rings is 1. The summed E-state index contributed by atoms with van der Waals surface area (Å²) in [7, 11) is 0. The summed E-state index contributed by atoms with van der Waals surface area (Å²) in [5.41, 5.74) is 12.3. The summed E-state index contributed by atoms with van der Waals surface area (Å²) in [6.07, 6.45) is 0. The third kappa shape index (κ3) is 3.85. The monoisotopic (exact) mass is 632 g/mol. The number of fused-ring (bicyclic) bond motifs is 9. The molecule has 48 heavy (non-hydrogen) atoms. The van der Waals surface area contributed by atoms with Gasteiger partial charge in [-0.1, -0.05) is 105 Å². The molecule has 0 radical (unpaired) electrons. The highest BCUT2D eigenvalue weighted by atomic mass is 32.1. The molecule has 0 spiro atoms. The van der Waals surface area contributed by atoms with Crippen LogP contribution in [0, 0.1) is 0 Å². The molecule has 1 aliphatic rings. The van der Waals surface area contributed by atoms with Crippen molar-refractivity contribution in [1.82, 2.24) is 4.57 Å². The normalized spacial score (nSPS) is 13.4. The van der Waals surface area contributed by atoms with Crippen LogP contribution < -0.4 is 4.90 Å². The van der Waals surface area contributed by atoms with Crippen LogP contribution in [0.25, 0.3) is 58.8 Å². The van der Waals surface area contributed by atoms with Crippen LogP contribution in [0.2, 0.25) is 0 Å². The lowest BCUT2D eigenvalue weighted by molar-refractivity contribution is 0.631. The molecule has 0 bridgehead atoms. The first kappa shape index (κ1) is 27.5. The van der Waals surface area contributed by atoms with Gasteiger partial charge in [-0.3, -0.25) is 0 Å². The maximum absolute atomic E-state index is 2.54. The van der Waals surface area contributed by atoms with Crippen molar-refractivity contribution in [2.24, 2.45) is 0 Å². The van der Waals surface area contributed by atoms with Crippen LogP contribution in [-0.2, 0) is 5.41 Å². The molecule has 0 fully saturated rings. The molecule has 1 aliphatic heterocycles. The van der Waals surface area contributed by atoms with Gasteiger partial charge in [0.1, 0.15) is 0 Å². The number of benzene rings is 7. The van der Waals surface area contributed by atoms with E-state index < -0.39 is 0 Å². The van der Waals surface area contributed by atoms with E-state index in [-0.39, 0.29) is 5.41 Å². The molecule has 0 atom stereocenters. The molecule has 2 aromatic heterocycles. The highest BCUT2D eigenvalue weighted by Crippen LogP contribution is 2.52. The number of hydrogen-bond donors (Lipinski definition) is 0. The fourth-order valence-corrected chi connectivity index (χ4v) is 9.26. The standard InChI is InChI=1S/C45H32N2S/c1-45(2)37-27-30(29-21-24-33(25-22-29)46(31-13-5-3-6-14-31)32-15-7-4-8-16-32)23-26-40(37)47-39-19-11-9-18-35(39)42-43(47)38(45)28-36-34-17-10-12-20-41(34)48-44(36)42/h3-28H,1-2H3. The zero-order valence-electron chi connectivity index (χ0n) is 26.8. The zero-order valence-corrected chi connectivity index (χ0v) is 27.6. The van der Waals surface area contributed by atoms with Gasteiger partial charge in [-0.15, -0.1) is 11.3 Å². The fraction of sp³-hybridized carbons (Fsp3) is 0.0667. The van der Waals surface area contributed by atoms with Crippen LogP contribution in [0.5, 0.6) is 0 Å². The van der Waals surface area contributed by atoms with Gasteiger partial charge in [0.2, 0.25) is 0 Å². The zero-order chi connectivity index (χ0) is 32.0. The quantitative estimate of drug-likeness (QED) is 0.187. The number of anilines is 3. The number of rotatable bonds is 4. The molecule has 7 aromatic carbocycles. The van der Waals surface area contributed by atoms with E-state index >= 15 is 0 Å². The summed E-state index contributed by atoms with van der Waals surface area (Å²) in [6, 6.07) is 57.7. The van der Waals surface area contributed by atoms with Gasteiger partial charge >= 0.3 is 0 Å². The Hall–Kier alpha value is -5.64. The Morgan fingerprint density at radius 2 is 1.12 bits per heavy atom. The fourth-order valence-electron chi connectivity index (χ4n) is 8.02. The first-order valence-corrected chi connectivity index (χ1v) is 17.4. The SMILES string of the molecule is CC1(C)c2cc(-c3ccc(N(c4ccccc4)c4ccccc4)cc3)ccc2-n2c3ccccc3c3c4sc5ccccc5c4cc1c32. The van der Waals surface area contributed by atoms with E-state index in [0.29, 0.717) is 0 Å². The van der Waals surface area contributed by atoms with E-state index in [9.17, 15) is 0 Å². The Balaban J connectivity index is 1.15. The van der Waals surface area contributed by atoms with Crippen LogP contribution in [0.15, 0.2) is 158 Å². The lowest BCUT2D eigenvalue weighted by atomic mass is 9.73. The average molecular weight is 633 g/mol. The van der Waals surface area contributed by atoms with Crippen molar-refractivity contribution in [3.05, 3.63) is 169 Å².